The van der Waals surface area contributed by atoms with Gasteiger partial charge in [0.1, 0.15) is 34.7 Å². The van der Waals surface area contributed by atoms with Crippen molar-refractivity contribution in [1.82, 2.24) is 29.9 Å². The first-order valence-corrected chi connectivity index (χ1v) is 16.0. The van der Waals surface area contributed by atoms with Gasteiger partial charge in [-0.3, -0.25) is 30.3 Å². The Balaban J connectivity index is 1.32. The minimum atomic E-state index is -0.425. The Morgan fingerprint density at radius 3 is 2.64 bits per heavy atom. The van der Waals surface area contributed by atoms with Gasteiger partial charge >= 0.3 is 6.03 Å². The lowest BCUT2D eigenvalue weighted by Gasteiger charge is -2.32. The number of aliphatic hydroxyl groups excluding tert-OH is 1. The number of nitrogens with one attached hydrogen (secondary N) is 4. The van der Waals surface area contributed by atoms with Crippen LogP contribution >= 0.6 is 0 Å². The van der Waals surface area contributed by atoms with Crippen LogP contribution in [0.2, 0.25) is 0 Å². The van der Waals surface area contributed by atoms with Crippen molar-refractivity contribution in [3.63, 3.8) is 0 Å². The van der Waals surface area contributed by atoms with Crippen LogP contribution < -0.4 is 26.6 Å². The van der Waals surface area contributed by atoms with Gasteiger partial charge in [0.2, 0.25) is 0 Å². The molecule has 3 aromatic rings. The van der Waals surface area contributed by atoms with Crippen molar-refractivity contribution in [1.29, 1.82) is 10.8 Å². The van der Waals surface area contributed by atoms with Gasteiger partial charge in [0.25, 0.3) is 0 Å². The molecule has 2 unspecified atom stereocenters. The van der Waals surface area contributed by atoms with Crippen LogP contribution in [0.5, 0.6) is 5.75 Å². The van der Waals surface area contributed by atoms with Crippen LogP contribution in [0.25, 0.3) is 0 Å². The molecule has 2 aromatic heterocycles. The molecule has 0 saturated carbocycles. The van der Waals surface area contributed by atoms with Gasteiger partial charge in [-0.05, 0) is 62.5 Å². The summed E-state index contributed by atoms with van der Waals surface area (Å²) in [5.74, 6) is 1.23. The van der Waals surface area contributed by atoms with E-state index in [0.29, 0.717) is 42.4 Å². The third-order valence-electron chi connectivity index (χ3n) is 8.63. The van der Waals surface area contributed by atoms with Crippen LogP contribution in [0.4, 0.5) is 10.5 Å². The lowest BCUT2D eigenvalue weighted by Crippen LogP contribution is -2.42. The number of hydrogen-bond donors (Lipinski definition) is 6. The number of pyridine rings is 1. The number of rotatable bonds is 8. The molecule has 3 atom stereocenters. The van der Waals surface area contributed by atoms with E-state index in [1.54, 1.807) is 46.0 Å². The minimum absolute atomic E-state index is 0.0253. The van der Waals surface area contributed by atoms with Gasteiger partial charge in [0.15, 0.2) is 0 Å². The van der Waals surface area contributed by atoms with Crippen LogP contribution in [-0.2, 0) is 6.54 Å². The Morgan fingerprint density at radius 1 is 1.17 bits per heavy atom. The highest BCUT2D eigenvalue weighted by molar-refractivity contribution is 6.05. The zero-order chi connectivity index (χ0) is 33.7. The summed E-state index contributed by atoms with van der Waals surface area (Å²) >= 11 is 0. The smallest absolute Gasteiger partial charge is 0.320 e. The summed E-state index contributed by atoms with van der Waals surface area (Å²) in [6.45, 7) is 7.16. The van der Waals surface area contributed by atoms with Gasteiger partial charge in [-0.2, -0.15) is 5.10 Å². The number of fused-ring (bicyclic) bond motifs is 1. The normalized spacial score (nSPS) is 20.5. The molecule has 1 saturated heterocycles. The maximum Gasteiger partial charge on any atom is 0.320 e. The second-order valence-corrected chi connectivity index (χ2v) is 13.1. The molecule has 2 amide bonds. The van der Waals surface area contributed by atoms with Gasteiger partial charge in [0, 0.05) is 17.2 Å². The van der Waals surface area contributed by atoms with Gasteiger partial charge in [-0.25, -0.2) is 9.79 Å². The summed E-state index contributed by atoms with van der Waals surface area (Å²) < 4.78 is 9.66. The van der Waals surface area contributed by atoms with E-state index in [1.807, 2.05) is 52.1 Å². The molecule has 2 aliphatic rings. The second-order valence-electron chi connectivity index (χ2n) is 13.1. The number of likely N-dealkylation sites (N-methyl/N-ethyl adjacent to an activating group) is 1. The number of amides is 2. The Labute approximate surface area is 275 Å². The number of amidine groups is 1. The number of ether oxygens (including phenoxy) is 1. The molecule has 7 N–H and O–H groups in total. The van der Waals surface area contributed by atoms with E-state index in [0.717, 1.165) is 30.5 Å². The summed E-state index contributed by atoms with van der Waals surface area (Å²) in [5, 5.41) is 36.6. The first kappa shape index (κ1) is 33.6. The van der Waals surface area contributed by atoms with E-state index in [4.69, 9.17) is 21.3 Å². The average molecular weight is 643 g/mol. The van der Waals surface area contributed by atoms with E-state index >= 15 is 0 Å². The number of urea groups is 1. The summed E-state index contributed by atoms with van der Waals surface area (Å²) in [5.41, 5.74) is 9.23. The number of carbonyl (C=O) groups is 1. The highest BCUT2D eigenvalue weighted by Crippen LogP contribution is 2.38. The minimum Gasteiger partial charge on any atom is -0.484 e. The number of aliphatic imine (C=N–C) groups is 1. The Bertz CT molecular complexity index is 1720. The van der Waals surface area contributed by atoms with E-state index in [-0.39, 0.29) is 41.5 Å². The second kappa shape index (κ2) is 14.3. The molecule has 0 spiro atoms. The van der Waals surface area contributed by atoms with Crippen molar-refractivity contribution in [2.75, 3.05) is 20.2 Å². The molecular formula is C34H46N10O3. The van der Waals surface area contributed by atoms with Gasteiger partial charge in [0.05, 0.1) is 43.8 Å². The zero-order valence-corrected chi connectivity index (χ0v) is 27.5. The monoisotopic (exact) mass is 642 g/mol. The molecule has 47 heavy (non-hydrogen) atoms. The van der Waals surface area contributed by atoms with Crippen molar-refractivity contribution in [2.45, 2.75) is 71.2 Å². The predicted molar refractivity (Wildman–Crippen MR) is 181 cm³/mol. The number of aliphatic hydroxyl groups is 1. The third-order valence-corrected chi connectivity index (χ3v) is 8.63. The topological polar surface area (TPSA) is 183 Å². The van der Waals surface area contributed by atoms with Crippen LogP contribution in [0.15, 0.2) is 71.8 Å². The van der Waals surface area contributed by atoms with Gasteiger partial charge in [-0.15, -0.1) is 0 Å². The number of carbonyl (C=O) groups excluding carboxylic acids is 1. The molecule has 13 nitrogen and oxygen atoms in total. The van der Waals surface area contributed by atoms with E-state index in [9.17, 15) is 9.90 Å². The number of benzene rings is 1. The summed E-state index contributed by atoms with van der Waals surface area (Å²) in [6, 6.07) is 10.6. The van der Waals surface area contributed by atoms with Gasteiger partial charge < -0.3 is 20.9 Å². The molecule has 0 bridgehead atoms. The van der Waals surface area contributed by atoms with Crippen molar-refractivity contribution >= 4 is 23.4 Å². The molecule has 1 aliphatic carbocycles. The van der Waals surface area contributed by atoms with E-state index in [2.05, 4.69) is 25.6 Å². The highest BCUT2D eigenvalue weighted by Gasteiger charge is 2.30. The maximum atomic E-state index is 13.4. The Morgan fingerprint density at radius 2 is 1.94 bits per heavy atom. The fraction of sp³-hybridized carbons (Fsp3) is 0.441. The number of nitrogens with two attached hydrogens (primary N) is 1. The Kier molecular flexibility index (Phi) is 10.3. The molecule has 5 rings (SSSR count). The van der Waals surface area contributed by atoms with Crippen LogP contribution in [-0.4, -0.2) is 68.3 Å². The van der Waals surface area contributed by atoms with Gasteiger partial charge in [-0.1, -0.05) is 45.0 Å². The fourth-order valence-corrected chi connectivity index (χ4v) is 5.90. The average Bonchev–Trinajstić information content (AvgIpc) is 3.66. The first-order valence-electron chi connectivity index (χ1n) is 16.0. The molecule has 13 heteroatoms. The van der Waals surface area contributed by atoms with E-state index in [1.165, 1.54) is 0 Å². The number of hydrogen-bond acceptors (Lipinski definition) is 9. The quantitative estimate of drug-likeness (QED) is 0.160. The largest absolute Gasteiger partial charge is 0.484 e. The Hall–Kier alpha value is -4.75. The fourth-order valence-electron chi connectivity index (χ4n) is 5.90. The summed E-state index contributed by atoms with van der Waals surface area (Å²) in [6.07, 6.45) is 9.59. The molecule has 1 aromatic carbocycles. The SMILES string of the molecule is CN1CCC[C@H]1C(=N)n1cc(OC2CCC(NC(=O)NC(C=C(N)C(C)(C)C)=Nc3cnn(CCO)c3)c3ccccc32)ccc1=N. The standard InChI is InChI=1S/C34H46N10O3/c1-34(2,3)29(35)18-31(39-22-19-38-43(20-22)16-17-45)41-33(46)40-26-12-13-28(25-9-6-5-8-24(25)26)47-23-11-14-30(36)44(21-23)32(37)27-10-7-15-42(27)4/h5-6,8-9,11,14,18-21,26-28,36-37,45H,7,10,12-13,15-17,35H2,1-4H3,(H2,39,40,41,46)/t26?,27-,28?/m0/s1. The van der Waals surface area contributed by atoms with Crippen molar-refractivity contribution in [3.8, 4) is 5.75 Å². The maximum absolute atomic E-state index is 13.4. The molecular weight excluding hydrogens is 596 g/mol. The predicted octanol–water partition coefficient (Wildman–Crippen LogP) is 3.95. The van der Waals surface area contributed by atoms with Crippen molar-refractivity contribution < 1.29 is 14.6 Å². The van der Waals surface area contributed by atoms with Crippen LogP contribution in [0, 0.1) is 16.2 Å². The number of aromatic nitrogens is 3. The molecule has 1 aliphatic heterocycles. The summed E-state index contributed by atoms with van der Waals surface area (Å²) in [4.78, 5) is 20.1. The lowest BCUT2D eigenvalue weighted by molar-refractivity contribution is 0.171. The lowest BCUT2D eigenvalue weighted by atomic mass is 9.85. The zero-order valence-electron chi connectivity index (χ0n) is 27.5. The highest BCUT2D eigenvalue weighted by atomic mass is 16.5. The number of likely N-dealkylation sites (tertiary alicyclic amines) is 1. The van der Waals surface area contributed by atoms with Crippen molar-refractivity contribution in [3.05, 3.63) is 83.4 Å². The summed E-state index contributed by atoms with van der Waals surface area (Å²) in [7, 11) is 2.02. The van der Waals surface area contributed by atoms with Crippen molar-refractivity contribution in [2.24, 2.45) is 16.1 Å². The molecule has 1 fully saturated rings. The van der Waals surface area contributed by atoms with Crippen LogP contribution in [0.1, 0.15) is 69.7 Å². The third kappa shape index (κ3) is 8.16. The molecule has 250 valence electrons. The first-order chi connectivity index (χ1) is 22.4. The number of allylic oxidation sites excluding steroid dienone is 1. The molecule has 0 radical (unpaired) electrons. The number of nitrogens with zero attached hydrogens (tertiary/aromatic N) is 5. The molecule has 3 heterocycles. The van der Waals surface area contributed by atoms with E-state index < -0.39 is 6.03 Å². The van der Waals surface area contributed by atoms with Crippen LogP contribution in [0.3, 0.4) is 0 Å².